The minimum absolute atomic E-state index is 0.0143. The summed E-state index contributed by atoms with van der Waals surface area (Å²) in [6.07, 6.45) is 7.42. The van der Waals surface area contributed by atoms with Gasteiger partial charge in [-0.15, -0.1) is 0 Å². The number of rotatable bonds is 6. The van der Waals surface area contributed by atoms with E-state index in [1.165, 1.54) is 37.6 Å². The molecule has 0 aliphatic carbocycles. The molecular formula is C16H20N4O3. The molecule has 2 aromatic rings. The van der Waals surface area contributed by atoms with E-state index in [9.17, 15) is 10.1 Å². The number of hydrogen-bond acceptors (Lipinski definition) is 6. The van der Waals surface area contributed by atoms with Crippen LogP contribution in [0.3, 0.4) is 0 Å². The Morgan fingerprint density at radius 3 is 3.04 bits per heavy atom. The lowest BCUT2D eigenvalue weighted by Gasteiger charge is -2.23. The van der Waals surface area contributed by atoms with Crippen LogP contribution in [0, 0.1) is 10.1 Å². The lowest BCUT2D eigenvalue weighted by Crippen LogP contribution is -2.34. The maximum atomic E-state index is 10.7. The lowest BCUT2D eigenvalue weighted by molar-refractivity contribution is -0.384. The first kappa shape index (κ1) is 15.6. The van der Waals surface area contributed by atoms with Gasteiger partial charge in [0.25, 0.3) is 5.69 Å². The number of aromatic nitrogens is 2. The molecule has 1 fully saturated rings. The Bertz CT molecular complexity index is 686. The van der Waals surface area contributed by atoms with Crippen molar-refractivity contribution in [2.24, 2.45) is 0 Å². The molecule has 1 saturated heterocycles. The van der Waals surface area contributed by atoms with Gasteiger partial charge in [0.15, 0.2) is 0 Å². The number of non-ortho nitro benzene ring substituents is 1. The van der Waals surface area contributed by atoms with Crippen molar-refractivity contribution >= 4 is 16.7 Å². The molecule has 1 aromatic carbocycles. The third kappa shape index (κ3) is 4.13. The van der Waals surface area contributed by atoms with Crippen molar-refractivity contribution in [3.63, 3.8) is 0 Å². The summed E-state index contributed by atoms with van der Waals surface area (Å²) >= 11 is 0. The molecule has 7 nitrogen and oxygen atoms in total. The highest BCUT2D eigenvalue weighted by molar-refractivity contribution is 5.77. The number of piperidine rings is 1. The van der Waals surface area contributed by atoms with Gasteiger partial charge in [-0.05, 0) is 38.3 Å². The summed E-state index contributed by atoms with van der Waals surface area (Å²) in [4.78, 5) is 18.8. The molecule has 3 rings (SSSR count). The van der Waals surface area contributed by atoms with Crippen molar-refractivity contribution in [1.29, 1.82) is 0 Å². The topological polar surface area (TPSA) is 90.2 Å². The number of ether oxygens (including phenoxy) is 1. The van der Waals surface area contributed by atoms with E-state index in [4.69, 9.17) is 4.74 Å². The smallest absolute Gasteiger partial charge is 0.271 e. The van der Waals surface area contributed by atoms with Gasteiger partial charge < -0.3 is 10.1 Å². The Morgan fingerprint density at radius 2 is 2.26 bits per heavy atom. The lowest BCUT2D eigenvalue weighted by atomic mass is 10.0. The van der Waals surface area contributed by atoms with E-state index in [0.29, 0.717) is 29.6 Å². The second kappa shape index (κ2) is 7.32. The molecule has 0 amide bonds. The van der Waals surface area contributed by atoms with Crippen molar-refractivity contribution < 1.29 is 9.66 Å². The first-order valence-electron chi connectivity index (χ1n) is 8.00. The maximum absolute atomic E-state index is 10.7. The monoisotopic (exact) mass is 316 g/mol. The predicted octanol–water partition coefficient (Wildman–Crippen LogP) is 2.84. The van der Waals surface area contributed by atoms with Crippen LogP contribution in [0.25, 0.3) is 11.0 Å². The SMILES string of the molecule is O=[N+]([O-])c1ccc2nc(OCCC[C@H]3CCCCN3)cnc2c1. The van der Waals surface area contributed by atoms with Crippen molar-refractivity contribution in [3.05, 3.63) is 34.5 Å². The summed E-state index contributed by atoms with van der Waals surface area (Å²) in [5.74, 6) is 0.461. The third-order valence-corrected chi connectivity index (χ3v) is 4.07. The Balaban J connectivity index is 1.53. The van der Waals surface area contributed by atoms with E-state index in [1.54, 1.807) is 6.07 Å². The highest BCUT2D eigenvalue weighted by Crippen LogP contribution is 2.20. The number of benzene rings is 1. The zero-order chi connectivity index (χ0) is 16.1. The van der Waals surface area contributed by atoms with Crippen molar-refractivity contribution in [2.45, 2.75) is 38.1 Å². The Labute approximate surface area is 134 Å². The molecule has 0 radical (unpaired) electrons. The minimum Gasteiger partial charge on any atom is -0.477 e. The average Bonchev–Trinajstić information content (AvgIpc) is 2.59. The molecule has 0 unspecified atom stereocenters. The molecule has 1 aromatic heterocycles. The van der Waals surface area contributed by atoms with Crippen molar-refractivity contribution in [1.82, 2.24) is 15.3 Å². The summed E-state index contributed by atoms with van der Waals surface area (Å²) in [6, 6.07) is 5.05. The van der Waals surface area contributed by atoms with E-state index in [0.717, 1.165) is 19.4 Å². The minimum atomic E-state index is -0.440. The molecule has 0 saturated carbocycles. The zero-order valence-corrected chi connectivity index (χ0v) is 12.9. The van der Waals surface area contributed by atoms with E-state index in [2.05, 4.69) is 15.3 Å². The molecule has 1 aliphatic rings. The van der Waals surface area contributed by atoms with Crippen LogP contribution in [0.1, 0.15) is 32.1 Å². The largest absolute Gasteiger partial charge is 0.477 e. The summed E-state index contributed by atoms with van der Waals surface area (Å²) < 4.78 is 5.65. The van der Waals surface area contributed by atoms with Gasteiger partial charge in [-0.2, -0.15) is 0 Å². The summed E-state index contributed by atoms with van der Waals surface area (Å²) in [7, 11) is 0. The Hall–Kier alpha value is -2.28. The quantitative estimate of drug-likeness (QED) is 0.500. The molecule has 1 N–H and O–H groups in total. The van der Waals surface area contributed by atoms with Crippen LogP contribution in [0.4, 0.5) is 5.69 Å². The number of hydrogen-bond donors (Lipinski definition) is 1. The van der Waals surface area contributed by atoms with Gasteiger partial charge >= 0.3 is 0 Å². The van der Waals surface area contributed by atoms with Gasteiger partial charge in [-0.3, -0.25) is 10.1 Å². The van der Waals surface area contributed by atoms with E-state index < -0.39 is 4.92 Å². The van der Waals surface area contributed by atoms with Crippen LogP contribution in [0.2, 0.25) is 0 Å². The van der Waals surface area contributed by atoms with Crippen molar-refractivity contribution in [2.75, 3.05) is 13.2 Å². The fourth-order valence-corrected chi connectivity index (χ4v) is 2.84. The molecule has 1 aliphatic heterocycles. The highest BCUT2D eigenvalue weighted by Gasteiger charge is 2.12. The van der Waals surface area contributed by atoms with Crippen LogP contribution in [-0.2, 0) is 0 Å². The number of nitrogens with zero attached hydrogens (tertiary/aromatic N) is 3. The molecular weight excluding hydrogens is 296 g/mol. The van der Waals surface area contributed by atoms with Crippen LogP contribution in [0.5, 0.6) is 5.88 Å². The molecule has 0 spiro atoms. The number of nitrogens with one attached hydrogen (secondary N) is 1. The van der Waals surface area contributed by atoms with E-state index in [1.807, 2.05) is 0 Å². The number of nitro benzene ring substituents is 1. The molecule has 23 heavy (non-hydrogen) atoms. The number of fused-ring (bicyclic) bond motifs is 1. The van der Waals surface area contributed by atoms with Crippen molar-refractivity contribution in [3.8, 4) is 5.88 Å². The Morgan fingerprint density at radius 1 is 1.35 bits per heavy atom. The van der Waals surface area contributed by atoms with Crippen LogP contribution in [-0.4, -0.2) is 34.1 Å². The standard InChI is InChI=1S/C16H20N4O3/c21-20(22)13-6-7-14-15(10-13)18-11-16(19-14)23-9-3-5-12-4-1-2-8-17-12/h6-7,10-12,17H,1-5,8-9H2/t12-/m1/s1. The van der Waals surface area contributed by atoms with Gasteiger partial charge in [0.2, 0.25) is 5.88 Å². The summed E-state index contributed by atoms with van der Waals surface area (Å²) in [6.45, 7) is 1.72. The average molecular weight is 316 g/mol. The van der Waals surface area contributed by atoms with Gasteiger partial charge in [0.1, 0.15) is 0 Å². The van der Waals surface area contributed by atoms with Crippen LogP contribution >= 0.6 is 0 Å². The second-order valence-electron chi connectivity index (χ2n) is 5.78. The maximum Gasteiger partial charge on any atom is 0.271 e. The second-order valence-corrected chi connectivity index (χ2v) is 5.78. The fourth-order valence-electron chi connectivity index (χ4n) is 2.84. The van der Waals surface area contributed by atoms with Gasteiger partial charge in [-0.25, -0.2) is 9.97 Å². The molecule has 2 heterocycles. The molecule has 0 bridgehead atoms. The normalized spacial score (nSPS) is 18.0. The first-order valence-corrected chi connectivity index (χ1v) is 8.00. The predicted molar refractivity (Wildman–Crippen MR) is 86.6 cm³/mol. The van der Waals surface area contributed by atoms with Crippen LogP contribution in [0.15, 0.2) is 24.4 Å². The zero-order valence-electron chi connectivity index (χ0n) is 12.9. The fraction of sp³-hybridized carbons (Fsp3) is 0.500. The van der Waals surface area contributed by atoms with Gasteiger partial charge in [-0.1, -0.05) is 6.42 Å². The van der Waals surface area contributed by atoms with Crippen LogP contribution < -0.4 is 10.1 Å². The Kier molecular flexibility index (Phi) is 4.97. The van der Waals surface area contributed by atoms with Gasteiger partial charge in [0, 0.05) is 18.2 Å². The molecule has 1 atom stereocenters. The number of nitro groups is 1. The highest BCUT2D eigenvalue weighted by atomic mass is 16.6. The summed E-state index contributed by atoms with van der Waals surface area (Å²) in [5, 5.41) is 14.3. The first-order chi connectivity index (χ1) is 11.2. The third-order valence-electron chi connectivity index (χ3n) is 4.07. The van der Waals surface area contributed by atoms with E-state index in [-0.39, 0.29) is 5.69 Å². The molecule has 122 valence electrons. The van der Waals surface area contributed by atoms with Gasteiger partial charge in [0.05, 0.1) is 28.8 Å². The molecule has 7 heteroatoms. The van der Waals surface area contributed by atoms with E-state index >= 15 is 0 Å². The summed E-state index contributed by atoms with van der Waals surface area (Å²) in [5.41, 5.74) is 1.11.